The van der Waals surface area contributed by atoms with Gasteiger partial charge in [-0.05, 0) is 25.3 Å². The zero-order chi connectivity index (χ0) is 19.1. The van der Waals surface area contributed by atoms with Crippen molar-refractivity contribution in [1.82, 2.24) is 10.2 Å². The minimum Gasteiger partial charge on any atom is -0.340 e. The fourth-order valence-corrected chi connectivity index (χ4v) is 4.17. The van der Waals surface area contributed by atoms with Gasteiger partial charge in [0.25, 0.3) is 0 Å². The lowest BCUT2D eigenvalue weighted by Crippen LogP contribution is -2.57. The molecule has 4 N–H and O–H groups in total. The van der Waals surface area contributed by atoms with Crippen LogP contribution in [0.2, 0.25) is 0 Å². The molecule has 1 fully saturated rings. The standard InChI is InChI=1S/C21H31N5S/c1-16-14-26(15-17(2)24-16)21(23-11-13-27-12-10-22)25-20-9-5-7-18-6-3-4-8-19(18)20/h3-9,16-17,24H,10-15,22H2,1-2H3,(H,23,25). The third kappa shape index (κ3) is 5.61. The molecule has 1 aliphatic heterocycles. The van der Waals surface area contributed by atoms with Gasteiger partial charge in [0, 0.05) is 54.3 Å². The van der Waals surface area contributed by atoms with Crippen molar-refractivity contribution in [2.75, 3.05) is 43.0 Å². The van der Waals surface area contributed by atoms with Crippen molar-refractivity contribution in [1.29, 1.82) is 0 Å². The van der Waals surface area contributed by atoms with E-state index in [0.717, 1.165) is 49.3 Å². The summed E-state index contributed by atoms with van der Waals surface area (Å²) < 4.78 is 0. The van der Waals surface area contributed by atoms with Crippen LogP contribution in [0.25, 0.3) is 10.8 Å². The molecule has 6 heteroatoms. The fourth-order valence-electron chi connectivity index (χ4n) is 3.57. The maximum absolute atomic E-state index is 5.59. The number of rotatable bonds is 6. The zero-order valence-electron chi connectivity index (χ0n) is 16.3. The summed E-state index contributed by atoms with van der Waals surface area (Å²) in [6.07, 6.45) is 0. The molecule has 1 aliphatic rings. The molecule has 5 nitrogen and oxygen atoms in total. The summed E-state index contributed by atoms with van der Waals surface area (Å²) in [4.78, 5) is 7.31. The van der Waals surface area contributed by atoms with E-state index in [-0.39, 0.29) is 0 Å². The molecule has 0 aliphatic carbocycles. The van der Waals surface area contributed by atoms with Crippen LogP contribution >= 0.6 is 11.8 Å². The van der Waals surface area contributed by atoms with Crippen LogP contribution < -0.4 is 16.4 Å². The third-order valence-corrected chi connectivity index (χ3v) is 5.65. The molecule has 2 unspecified atom stereocenters. The van der Waals surface area contributed by atoms with Crippen LogP contribution in [0.5, 0.6) is 0 Å². The fraction of sp³-hybridized carbons (Fsp3) is 0.476. The summed E-state index contributed by atoms with van der Waals surface area (Å²) in [7, 11) is 0. The Morgan fingerprint density at radius 2 is 1.89 bits per heavy atom. The van der Waals surface area contributed by atoms with E-state index >= 15 is 0 Å². The van der Waals surface area contributed by atoms with E-state index in [1.54, 1.807) is 0 Å². The number of nitrogens with two attached hydrogens (primary N) is 1. The van der Waals surface area contributed by atoms with E-state index < -0.39 is 0 Å². The number of benzene rings is 2. The van der Waals surface area contributed by atoms with Crippen molar-refractivity contribution in [2.45, 2.75) is 25.9 Å². The monoisotopic (exact) mass is 385 g/mol. The van der Waals surface area contributed by atoms with Crippen molar-refractivity contribution in [2.24, 2.45) is 10.7 Å². The molecular formula is C21H31N5S. The minimum atomic E-state index is 0.444. The molecule has 0 aromatic heterocycles. The van der Waals surface area contributed by atoms with Crippen LogP contribution in [0.4, 0.5) is 5.69 Å². The minimum absolute atomic E-state index is 0.444. The Balaban J connectivity index is 1.81. The molecule has 0 bridgehead atoms. The summed E-state index contributed by atoms with van der Waals surface area (Å²) in [5.41, 5.74) is 6.70. The van der Waals surface area contributed by atoms with Gasteiger partial charge in [0.15, 0.2) is 5.96 Å². The molecule has 2 aromatic rings. The lowest BCUT2D eigenvalue weighted by Gasteiger charge is -2.38. The van der Waals surface area contributed by atoms with E-state index in [2.05, 4.69) is 71.8 Å². The quantitative estimate of drug-likeness (QED) is 0.405. The average Bonchev–Trinajstić information content (AvgIpc) is 2.66. The molecule has 0 spiro atoms. The summed E-state index contributed by atoms with van der Waals surface area (Å²) in [6.45, 7) is 7.89. The average molecular weight is 386 g/mol. The second-order valence-corrected chi connectivity index (χ2v) is 8.36. The molecule has 3 rings (SSSR count). The highest BCUT2D eigenvalue weighted by atomic mass is 32.2. The molecule has 0 saturated carbocycles. The number of piperazine rings is 1. The molecule has 2 atom stereocenters. The number of thioether (sulfide) groups is 1. The second-order valence-electron chi connectivity index (χ2n) is 7.13. The van der Waals surface area contributed by atoms with Gasteiger partial charge in [0.1, 0.15) is 0 Å². The molecule has 0 amide bonds. The first-order valence-corrected chi connectivity index (χ1v) is 10.9. The van der Waals surface area contributed by atoms with Gasteiger partial charge in [0.05, 0.1) is 6.54 Å². The van der Waals surface area contributed by atoms with E-state index in [0.29, 0.717) is 12.1 Å². The van der Waals surface area contributed by atoms with E-state index in [9.17, 15) is 0 Å². The lowest BCUT2D eigenvalue weighted by atomic mass is 10.1. The molecule has 2 aromatic carbocycles. The predicted octanol–water partition coefficient (Wildman–Crippen LogP) is 2.98. The number of anilines is 1. The highest BCUT2D eigenvalue weighted by Gasteiger charge is 2.23. The Bertz CT molecular complexity index is 748. The van der Waals surface area contributed by atoms with Crippen LogP contribution in [0, 0.1) is 0 Å². The van der Waals surface area contributed by atoms with Gasteiger partial charge < -0.3 is 21.3 Å². The Morgan fingerprint density at radius 3 is 2.67 bits per heavy atom. The Labute approximate surface area is 166 Å². The van der Waals surface area contributed by atoms with Gasteiger partial charge in [-0.3, -0.25) is 4.99 Å². The van der Waals surface area contributed by atoms with Crippen molar-refractivity contribution in [3.63, 3.8) is 0 Å². The first-order chi connectivity index (χ1) is 13.2. The predicted molar refractivity (Wildman–Crippen MR) is 120 cm³/mol. The maximum atomic E-state index is 5.59. The molecular weight excluding hydrogens is 354 g/mol. The van der Waals surface area contributed by atoms with Gasteiger partial charge in [-0.1, -0.05) is 36.4 Å². The first kappa shape index (κ1) is 20.0. The maximum Gasteiger partial charge on any atom is 0.198 e. The normalized spacial score (nSPS) is 20.9. The molecule has 27 heavy (non-hydrogen) atoms. The molecule has 1 heterocycles. The molecule has 0 radical (unpaired) electrons. The van der Waals surface area contributed by atoms with Crippen molar-refractivity contribution in [3.05, 3.63) is 42.5 Å². The Hall–Kier alpha value is -1.76. The van der Waals surface area contributed by atoms with Crippen LogP contribution in [0.1, 0.15) is 13.8 Å². The topological polar surface area (TPSA) is 65.7 Å². The summed E-state index contributed by atoms with van der Waals surface area (Å²) >= 11 is 1.86. The summed E-state index contributed by atoms with van der Waals surface area (Å²) in [5.74, 6) is 2.96. The van der Waals surface area contributed by atoms with Crippen LogP contribution in [-0.2, 0) is 0 Å². The number of nitrogens with one attached hydrogen (secondary N) is 2. The van der Waals surface area contributed by atoms with Gasteiger partial charge in [-0.2, -0.15) is 11.8 Å². The van der Waals surface area contributed by atoms with Crippen molar-refractivity contribution >= 4 is 34.2 Å². The van der Waals surface area contributed by atoms with E-state index in [1.165, 1.54) is 10.8 Å². The number of guanidine groups is 1. The molecule has 1 saturated heterocycles. The Morgan fingerprint density at radius 1 is 1.15 bits per heavy atom. The summed E-state index contributed by atoms with van der Waals surface area (Å²) in [5, 5.41) is 9.70. The smallest absolute Gasteiger partial charge is 0.198 e. The number of fused-ring (bicyclic) bond motifs is 1. The number of hydrogen-bond donors (Lipinski definition) is 3. The third-order valence-electron chi connectivity index (χ3n) is 4.65. The van der Waals surface area contributed by atoms with Gasteiger partial charge >= 0.3 is 0 Å². The lowest BCUT2D eigenvalue weighted by molar-refractivity contribution is 0.254. The number of hydrogen-bond acceptors (Lipinski definition) is 4. The van der Waals surface area contributed by atoms with Gasteiger partial charge in [0.2, 0.25) is 0 Å². The largest absolute Gasteiger partial charge is 0.340 e. The van der Waals surface area contributed by atoms with E-state index in [4.69, 9.17) is 10.7 Å². The highest BCUT2D eigenvalue weighted by Crippen LogP contribution is 2.23. The number of aliphatic imine (C=N–C) groups is 1. The Kier molecular flexibility index (Phi) is 7.38. The van der Waals surface area contributed by atoms with E-state index in [1.807, 2.05) is 11.8 Å². The van der Waals surface area contributed by atoms with Crippen LogP contribution in [0.15, 0.2) is 47.5 Å². The van der Waals surface area contributed by atoms with Crippen molar-refractivity contribution in [3.8, 4) is 0 Å². The van der Waals surface area contributed by atoms with Crippen LogP contribution in [-0.4, -0.2) is 60.6 Å². The second kappa shape index (κ2) is 9.97. The first-order valence-electron chi connectivity index (χ1n) is 9.75. The summed E-state index contributed by atoms with van der Waals surface area (Å²) in [6, 6.07) is 15.7. The van der Waals surface area contributed by atoms with Gasteiger partial charge in [-0.25, -0.2) is 0 Å². The highest BCUT2D eigenvalue weighted by molar-refractivity contribution is 7.99. The molecule has 146 valence electrons. The SMILES string of the molecule is CC1CN(C(=NCCSCCN)Nc2cccc3ccccc23)CC(C)N1. The zero-order valence-corrected chi connectivity index (χ0v) is 17.1. The van der Waals surface area contributed by atoms with Gasteiger partial charge in [-0.15, -0.1) is 0 Å². The van der Waals surface area contributed by atoms with Crippen molar-refractivity contribution < 1.29 is 0 Å². The number of nitrogens with zero attached hydrogens (tertiary/aromatic N) is 2. The van der Waals surface area contributed by atoms with Crippen LogP contribution in [0.3, 0.4) is 0 Å².